The Balaban J connectivity index is 0. The van der Waals surface area contributed by atoms with Gasteiger partial charge in [0.25, 0.3) is 0 Å². The molecule has 0 aliphatic carbocycles. The second-order valence-corrected chi connectivity index (χ2v) is 45.3. The molecule has 2 nitrogen and oxygen atoms in total. The van der Waals surface area contributed by atoms with Crippen molar-refractivity contribution in [3.8, 4) is 0 Å². The summed E-state index contributed by atoms with van der Waals surface area (Å²) in [7, 11) is 0.567. The van der Waals surface area contributed by atoms with Gasteiger partial charge < -0.3 is 0 Å². The van der Waals surface area contributed by atoms with E-state index in [1.54, 1.807) is 23.0 Å². The van der Waals surface area contributed by atoms with Crippen LogP contribution in [0.2, 0.25) is 0 Å². The molecular formula is C6H15I3O2SSn. The Hall–Kier alpha value is 3.26. The molecule has 0 N–H and O–H groups in total. The first-order chi connectivity index (χ1) is 5.50. The Bertz CT molecular complexity index is 133. The quantitative estimate of drug-likeness (QED) is 0.249. The fourth-order valence-electron chi connectivity index (χ4n) is 0. The number of hydrogen-bond acceptors (Lipinski definition) is 2. The van der Waals surface area contributed by atoms with E-state index in [0.717, 1.165) is 0 Å². The molecule has 0 atom stereocenters. The molecule has 0 fully saturated rings. The maximum absolute atomic E-state index is 10.4. The fourth-order valence-corrected chi connectivity index (χ4v) is 0. The van der Waals surface area contributed by atoms with E-state index in [0.29, 0.717) is 15.6 Å². The van der Waals surface area contributed by atoms with Crippen molar-refractivity contribution in [3.05, 3.63) is 0 Å². The minimum absolute atomic E-state index is 0.528. The average Bonchev–Trinajstić information content (AvgIpc) is 1.85. The Kier molecular flexibility index (Phi) is 12.0. The number of halogens is 3. The van der Waals surface area contributed by atoms with Crippen molar-refractivity contribution in [2.75, 3.05) is 12.5 Å². The van der Waals surface area contributed by atoms with E-state index in [1.807, 2.05) is 37.3 Å². The van der Waals surface area contributed by atoms with Gasteiger partial charge in [-0.05, 0) is 31.7 Å². The van der Waals surface area contributed by atoms with E-state index >= 15 is 0 Å². The summed E-state index contributed by atoms with van der Waals surface area (Å²) >= 11 is 2.31. The van der Waals surface area contributed by atoms with Crippen LogP contribution in [0.25, 0.3) is 0 Å². The van der Waals surface area contributed by atoms with E-state index in [9.17, 15) is 3.44 Å². The molecule has 0 aliphatic heterocycles. The van der Waals surface area contributed by atoms with Crippen LogP contribution in [0.15, 0.2) is 0 Å². The monoisotopic (exact) mass is 652 g/mol. The van der Waals surface area contributed by atoms with Crippen molar-refractivity contribution in [2.45, 2.75) is 25.5 Å². The molecule has 0 radical (unpaired) electrons. The molecule has 0 saturated carbocycles. The fraction of sp³-hybridized carbons (Fsp3) is 1.00. The normalized spacial score (nSPS) is 12.5. The van der Waals surface area contributed by atoms with E-state index in [1.165, 1.54) is 0 Å². The Labute approximate surface area is 123 Å². The predicted octanol–water partition coefficient (Wildman–Crippen LogP) is 2.68. The second-order valence-electron chi connectivity index (χ2n) is 3.47. The summed E-state index contributed by atoms with van der Waals surface area (Å²) in [5, 5.41) is 0. The molecule has 0 bridgehead atoms. The van der Waals surface area contributed by atoms with E-state index < -0.39 is 11.3 Å². The third-order valence-corrected chi connectivity index (χ3v) is 22.7. The summed E-state index contributed by atoms with van der Waals surface area (Å²) in [6, 6.07) is 0. The summed E-state index contributed by atoms with van der Waals surface area (Å²) in [6.45, 7) is 6.82. The van der Waals surface area contributed by atoms with Crippen LogP contribution in [0.4, 0.5) is 0 Å². The van der Waals surface area contributed by atoms with Crippen LogP contribution in [0, 0.1) is 0 Å². The first-order valence-electron chi connectivity index (χ1n) is 3.46. The summed E-state index contributed by atoms with van der Waals surface area (Å²) in [6.07, 6.45) is 4.56. The van der Waals surface area contributed by atoms with Gasteiger partial charge in [0.15, 0.2) is 0 Å². The zero-order chi connectivity index (χ0) is 11.3. The Morgan fingerprint density at radius 3 is 1.38 bits per heavy atom. The summed E-state index contributed by atoms with van der Waals surface area (Å²) < 4.78 is 15.5. The van der Waals surface area contributed by atoms with Gasteiger partial charge in [0.1, 0.15) is 4.75 Å². The van der Waals surface area contributed by atoms with E-state index in [4.69, 9.17) is 0 Å². The van der Waals surface area contributed by atoms with E-state index in [-0.39, 0.29) is 0 Å². The van der Waals surface area contributed by atoms with Gasteiger partial charge in [-0.15, -0.1) is 0 Å². The SMILES string of the molecule is C[S+](C)C(C)(C)C.[O-][Sn]([I])([I])[O]I. The van der Waals surface area contributed by atoms with Gasteiger partial charge in [-0.2, -0.15) is 0 Å². The van der Waals surface area contributed by atoms with Crippen LogP contribution in [0.1, 0.15) is 20.8 Å². The molecule has 0 aromatic rings. The van der Waals surface area contributed by atoms with Gasteiger partial charge in [-0.25, -0.2) is 0 Å². The molecule has 82 valence electrons. The number of hydrogen-bond donors (Lipinski definition) is 0. The number of rotatable bonds is 1. The molecule has 0 unspecified atom stereocenters. The molecule has 0 spiro atoms. The molecule has 0 rings (SSSR count). The van der Waals surface area contributed by atoms with Crippen molar-refractivity contribution in [3.63, 3.8) is 0 Å². The van der Waals surface area contributed by atoms with Gasteiger partial charge >= 0.3 is 76.4 Å². The minimum atomic E-state index is -3.06. The molecule has 7 heteroatoms. The first kappa shape index (κ1) is 18.6. The zero-order valence-corrected chi connectivity index (χ0v) is 18.5. The van der Waals surface area contributed by atoms with Crippen LogP contribution in [-0.2, 0) is 12.3 Å². The summed E-state index contributed by atoms with van der Waals surface area (Å²) in [5.74, 6) is 0. The van der Waals surface area contributed by atoms with Gasteiger partial charge in [-0.3, -0.25) is 0 Å². The van der Waals surface area contributed by atoms with E-state index in [2.05, 4.69) is 34.7 Å². The second kappa shape index (κ2) is 8.36. The van der Waals surface area contributed by atoms with Crippen molar-refractivity contribution in [1.29, 1.82) is 0 Å². The molecule has 13 heavy (non-hydrogen) atoms. The van der Waals surface area contributed by atoms with Crippen molar-refractivity contribution in [2.24, 2.45) is 0 Å². The van der Waals surface area contributed by atoms with Gasteiger partial charge in [0, 0.05) is 0 Å². The van der Waals surface area contributed by atoms with Crippen molar-refractivity contribution < 1.29 is 4.85 Å². The maximum atomic E-state index is 10.4. The zero-order valence-electron chi connectivity index (χ0n) is 8.36. The predicted molar refractivity (Wildman–Crippen MR) is 87.9 cm³/mol. The summed E-state index contributed by atoms with van der Waals surface area (Å²) in [5.41, 5.74) is 0. The van der Waals surface area contributed by atoms with Gasteiger partial charge in [0.05, 0.1) is 12.5 Å². The van der Waals surface area contributed by atoms with Crippen LogP contribution < -0.4 is 3.44 Å². The molecular weight excluding hydrogens is 636 g/mol. The third kappa shape index (κ3) is 17.8. The standard InChI is InChI=1S/C6H15S.IO.2HI.O.Sn/c1-6(2,3)7(4)5;1-2;;;;/h1-5H3;;2*1H;;/q+1;-1;;;-1;+3/p-2. The van der Waals surface area contributed by atoms with Crippen LogP contribution in [-0.4, -0.2) is 28.5 Å². The Morgan fingerprint density at radius 2 is 1.38 bits per heavy atom. The third-order valence-electron chi connectivity index (χ3n) is 1.31. The van der Waals surface area contributed by atoms with Crippen LogP contribution in [0.3, 0.4) is 0 Å². The Morgan fingerprint density at radius 1 is 1.23 bits per heavy atom. The van der Waals surface area contributed by atoms with Crippen molar-refractivity contribution in [1.82, 2.24) is 0 Å². The van der Waals surface area contributed by atoms with Crippen molar-refractivity contribution >= 4 is 82.4 Å². The molecule has 0 aromatic carbocycles. The summed E-state index contributed by atoms with van der Waals surface area (Å²) in [4.78, 5) is 0. The average molecular weight is 651 g/mol. The van der Waals surface area contributed by atoms with Crippen LogP contribution >= 0.6 is 60.3 Å². The topological polar surface area (TPSA) is 32.3 Å². The molecule has 0 aromatic heterocycles. The van der Waals surface area contributed by atoms with Gasteiger partial charge in [-0.1, -0.05) is 0 Å². The first-order valence-corrected chi connectivity index (χ1v) is 25.3. The molecule has 0 heterocycles. The molecule has 0 saturated heterocycles. The van der Waals surface area contributed by atoms with Gasteiger partial charge in [0.2, 0.25) is 0 Å². The molecule has 0 aliphatic rings. The molecule has 0 amide bonds. The van der Waals surface area contributed by atoms with Crippen LogP contribution in [0.5, 0.6) is 0 Å².